The van der Waals surface area contributed by atoms with Gasteiger partial charge in [0.05, 0.1) is 17.2 Å². The van der Waals surface area contributed by atoms with Crippen LogP contribution in [0.25, 0.3) is 0 Å². The molecule has 0 heterocycles. The first-order valence-electron chi connectivity index (χ1n) is 9.00. The van der Waals surface area contributed by atoms with Gasteiger partial charge in [-0.3, -0.25) is 19.7 Å². The van der Waals surface area contributed by atoms with Gasteiger partial charge in [-0.05, 0) is 18.1 Å². The minimum atomic E-state index is -3.88. The molecule has 166 valence electrons. The third kappa shape index (κ3) is 7.18. The molecule has 0 aromatic heterocycles. The van der Waals surface area contributed by atoms with Crippen molar-refractivity contribution in [1.29, 1.82) is 0 Å². The van der Waals surface area contributed by atoms with E-state index in [-0.39, 0.29) is 37.0 Å². The number of non-ortho nitro benzene ring substituents is 1. The van der Waals surface area contributed by atoms with E-state index >= 15 is 0 Å². The first-order valence-corrected chi connectivity index (χ1v) is 10.7. The van der Waals surface area contributed by atoms with Crippen molar-refractivity contribution < 1.29 is 38.1 Å². The van der Waals surface area contributed by atoms with Crippen molar-refractivity contribution in [2.45, 2.75) is 19.1 Å². The summed E-state index contributed by atoms with van der Waals surface area (Å²) in [6, 6.07) is 12.3. The minimum absolute atomic E-state index is 0.0461. The van der Waals surface area contributed by atoms with Crippen molar-refractivity contribution >= 4 is 25.7 Å². The topological polar surface area (TPSA) is 146 Å². The third-order valence-electron chi connectivity index (χ3n) is 4.15. The Morgan fingerprint density at radius 3 is 2.55 bits per heavy atom. The second-order valence-electron chi connectivity index (χ2n) is 6.23. The van der Waals surface area contributed by atoms with Crippen LogP contribution >= 0.6 is 7.60 Å². The van der Waals surface area contributed by atoms with Gasteiger partial charge in [-0.15, -0.1) is 0 Å². The van der Waals surface area contributed by atoms with Crippen LogP contribution in [-0.4, -0.2) is 46.8 Å². The molecule has 31 heavy (non-hydrogen) atoms. The van der Waals surface area contributed by atoms with E-state index in [1.54, 1.807) is 30.3 Å². The SMILES string of the molecule is COP(=O)(CCC(C(=O)O)N(C=O)OCc1ccccc1)Oc1cccc([N+](=O)[O-])c1. The molecule has 2 atom stereocenters. The summed E-state index contributed by atoms with van der Waals surface area (Å²) in [5.41, 5.74) is 0.445. The number of carboxylic acid groups (broad SMARTS) is 1. The number of carboxylic acids is 1. The monoisotopic (exact) mass is 452 g/mol. The smallest absolute Gasteiger partial charge is 0.379 e. The number of carbonyl (C=O) groups excluding carboxylic acids is 1. The summed E-state index contributed by atoms with van der Waals surface area (Å²) in [7, 11) is -2.77. The van der Waals surface area contributed by atoms with Crippen LogP contribution in [0.2, 0.25) is 0 Å². The molecule has 0 radical (unpaired) electrons. The summed E-state index contributed by atoms with van der Waals surface area (Å²) in [6.07, 6.45) is -0.480. The molecule has 2 rings (SSSR count). The van der Waals surface area contributed by atoms with Crippen LogP contribution in [0.3, 0.4) is 0 Å². The molecule has 0 aliphatic heterocycles. The summed E-state index contributed by atoms with van der Waals surface area (Å²) < 4.78 is 23.1. The Labute approximate surface area is 177 Å². The standard InChI is InChI=1S/C19H21N2O9P/c1-28-31(27,30-17-9-5-8-16(12-17)21(25)26)11-10-18(19(23)24)20(14-22)29-13-15-6-3-2-4-7-15/h2-9,12,14,18H,10-11,13H2,1H3,(H,23,24). The molecule has 0 saturated carbocycles. The van der Waals surface area contributed by atoms with Crippen LogP contribution in [0.1, 0.15) is 12.0 Å². The molecular formula is C19H21N2O9P. The molecule has 12 heteroatoms. The number of hydrogen-bond acceptors (Lipinski definition) is 8. The summed E-state index contributed by atoms with van der Waals surface area (Å²) in [4.78, 5) is 38.6. The fourth-order valence-corrected chi connectivity index (χ4v) is 3.89. The number of benzene rings is 2. The molecule has 1 N–H and O–H groups in total. The lowest BCUT2D eigenvalue weighted by Crippen LogP contribution is -2.41. The van der Waals surface area contributed by atoms with E-state index in [2.05, 4.69) is 0 Å². The number of hydrogen-bond donors (Lipinski definition) is 1. The highest BCUT2D eigenvalue weighted by molar-refractivity contribution is 7.54. The molecule has 1 amide bonds. The molecule has 0 aliphatic rings. The molecule has 11 nitrogen and oxygen atoms in total. The number of nitrogens with zero attached hydrogens (tertiary/aromatic N) is 2. The molecule has 0 fully saturated rings. The largest absolute Gasteiger partial charge is 0.480 e. The van der Waals surface area contributed by atoms with Crippen LogP contribution in [0, 0.1) is 10.1 Å². The number of carbonyl (C=O) groups is 2. The highest BCUT2D eigenvalue weighted by atomic mass is 31.2. The van der Waals surface area contributed by atoms with E-state index in [1.807, 2.05) is 0 Å². The first-order chi connectivity index (χ1) is 14.8. The maximum absolute atomic E-state index is 12.9. The number of hydroxylamine groups is 2. The molecule has 2 aromatic carbocycles. The van der Waals surface area contributed by atoms with Crippen molar-refractivity contribution in [2.75, 3.05) is 13.3 Å². The number of nitro benzene ring substituents is 1. The van der Waals surface area contributed by atoms with Gasteiger partial charge in [-0.1, -0.05) is 36.4 Å². The lowest BCUT2D eigenvalue weighted by Gasteiger charge is -2.25. The van der Waals surface area contributed by atoms with E-state index in [1.165, 1.54) is 18.2 Å². The fraction of sp³-hybridized carbons (Fsp3) is 0.263. The van der Waals surface area contributed by atoms with Gasteiger partial charge in [0.25, 0.3) is 5.69 Å². The third-order valence-corrected chi connectivity index (χ3v) is 6.00. The van der Waals surface area contributed by atoms with Crippen LogP contribution in [0.4, 0.5) is 5.69 Å². The Morgan fingerprint density at radius 2 is 1.97 bits per heavy atom. The predicted octanol–water partition coefficient (Wildman–Crippen LogP) is 3.25. The summed E-state index contributed by atoms with van der Waals surface area (Å²) in [5, 5.41) is 21.0. The Kier molecular flexibility index (Phi) is 8.68. The van der Waals surface area contributed by atoms with Crippen LogP contribution in [-0.2, 0) is 30.1 Å². The second-order valence-corrected chi connectivity index (χ2v) is 8.45. The Morgan fingerprint density at radius 1 is 1.26 bits per heavy atom. The fourth-order valence-electron chi connectivity index (χ4n) is 2.55. The van der Waals surface area contributed by atoms with Gasteiger partial charge in [0.1, 0.15) is 12.4 Å². The second kappa shape index (κ2) is 11.2. The zero-order chi connectivity index (χ0) is 22.9. The highest BCUT2D eigenvalue weighted by Gasteiger charge is 2.32. The summed E-state index contributed by atoms with van der Waals surface area (Å²) >= 11 is 0. The van der Waals surface area contributed by atoms with E-state index in [0.717, 1.165) is 18.7 Å². The number of amides is 1. The van der Waals surface area contributed by atoms with Gasteiger partial charge in [0.15, 0.2) is 6.04 Å². The Balaban J connectivity index is 2.07. The summed E-state index contributed by atoms with van der Waals surface area (Å²) in [5.74, 6) is -1.45. The van der Waals surface area contributed by atoms with E-state index < -0.39 is 24.5 Å². The first kappa shape index (κ1) is 24.0. The quantitative estimate of drug-likeness (QED) is 0.209. The zero-order valence-corrected chi connectivity index (χ0v) is 17.4. The van der Waals surface area contributed by atoms with Gasteiger partial charge in [0, 0.05) is 13.2 Å². The van der Waals surface area contributed by atoms with Gasteiger partial charge >= 0.3 is 13.6 Å². The van der Waals surface area contributed by atoms with Gasteiger partial charge in [-0.25, -0.2) is 14.4 Å². The maximum atomic E-state index is 12.9. The normalized spacial score (nSPS) is 13.6. The van der Waals surface area contributed by atoms with E-state index in [9.17, 15) is 29.4 Å². The van der Waals surface area contributed by atoms with Crippen LogP contribution < -0.4 is 4.52 Å². The van der Waals surface area contributed by atoms with Crippen LogP contribution in [0.5, 0.6) is 5.75 Å². The average Bonchev–Trinajstić information content (AvgIpc) is 2.76. The molecule has 2 aromatic rings. The molecular weight excluding hydrogens is 431 g/mol. The summed E-state index contributed by atoms with van der Waals surface area (Å²) in [6.45, 7) is -0.0461. The molecule has 0 spiro atoms. The van der Waals surface area contributed by atoms with E-state index in [0.29, 0.717) is 5.06 Å². The number of nitro groups is 1. The van der Waals surface area contributed by atoms with Crippen molar-refractivity contribution in [3.05, 3.63) is 70.3 Å². The van der Waals surface area contributed by atoms with Crippen molar-refractivity contribution in [2.24, 2.45) is 0 Å². The maximum Gasteiger partial charge on any atom is 0.379 e. The Hall–Kier alpha value is -3.27. The number of rotatable bonds is 13. The van der Waals surface area contributed by atoms with Crippen molar-refractivity contribution in [1.82, 2.24) is 5.06 Å². The lowest BCUT2D eigenvalue weighted by molar-refractivity contribution is -0.384. The Bertz CT molecular complexity index is 954. The van der Waals surface area contributed by atoms with Gasteiger partial charge in [-0.2, -0.15) is 0 Å². The van der Waals surface area contributed by atoms with Crippen LogP contribution in [0.15, 0.2) is 54.6 Å². The lowest BCUT2D eigenvalue weighted by atomic mass is 10.2. The molecule has 2 unspecified atom stereocenters. The zero-order valence-electron chi connectivity index (χ0n) is 16.5. The molecule has 0 aliphatic carbocycles. The predicted molar refractivity (Wildman–Crippen MR) is 108 cm³/mol. The highest BCUT2D eigenvalue weighted by Crippen LogP contribution is 2.48. The van der Waals surface area contributed by atoms with Gasteiger partial charge in [0.2, 0.25) is 6.41 Å². The van der Waals surface area contributed by atoms with Gasteiger partial charge < -0.3 is 14.2 Å². The molecule has 0 bridgehead atoms. The average molecular weight is 452 g/mol. The number of aliphatic carboxylic acids is 1. The molecule has 0 saturated heterocycles. The minimum Gasteiger partial charge on any atom is -0.480 e. The van der Waals surface area contributed by atoms with Crippen molar-refractivity contribution in [3.63, 3.8) is 0 Å². The van der Waals surface area contributed by atoms with E-state index in [4.69, 9.17) is 13.9 Å². The van der Waals surface area contributed by atoms with Crippen molar-refractivity contribution in [3.8, 4) is 5.75 Å².